The van der Waals surface area contributed by atoms with Gasteiger partial charge in [0.05, 0.1) is 18.3 Å². The van der Waals surface area contributed by atoms with Crippen molar-refractivity contribution in [1.82, 2.24) is 20.4 Å². The molecule has 1 saturated heterocycles. The number of piperazine rings is 1. The van der Waals surface area contributed by atoms with E-state index in [1.807, 2.05) is 55.5 Å². The second-order valence-corrected chi connectivity index (χ2v) is 8.26. The number of aryl methyl sites for hydroxylation is 1. The first kappa shape index (κ1) is 27.3. The summed E-state index contributed by atoms with van der Waals surface area (Å²) in [6.45, 7) is 6.10. The molecule has 2 aromatic carbocycles. The van der Waals surface area contributed by atoms with Crippen LogP contribution >= 0.6 is 0 Å². The Hall–Kier alpha value is -4.24. The zero-order valence-electron chi connectivity index (χ0n) is 20.0. The van der Waals surface area contributed by atoms with E-state index in [-0.39, 0.29) is 5.91 Å². The molecule has 1 amide bonds. The van der Waals surface area contributed by atoms with E-state index in [0.29, 0.717) is 18.7 Å². The molecule has 0 spiro atoms. The van der Waals surface area contributed by atoms with Crippen LogP contribution in [0.5, 0.6) is 0 Å². The van der Waals surface area contributed by atoms with Crippen LogP contribution in [0.3, 0.4) is 0 Å². The first-order chi connectivity index (χ1) is 17.6. The highest BCUT2D eigenvalue weighted by Crippen LogP contribution is 2.27. The fraction of sp³-hybridized carbons (Fsp3) is 0.320. The fourth-order valence-corrected chi connectivity index (χ4v) is 3.74. The number of rotatable bonds is 5. The highest BCUT2D eigenvalue weighted by atomic mass is 19.4. The Kier molecular flexibility index (Phi) is 8.97. The number of nitriles is 1. The molecular weight excluding hydrogens is 489 g/mol. The van der Waals surface area contributed by atoms with Gasteiger partial charge in [0.15, 0.2) is 5.82 Å². The van der Waals surface area contributed by atoms with Gasteiger partial charge in [-0.3, -0.25) is 9.69 Å². The molecule has 0 aliphatic carbocycles. The highest BCUT2D eigenvalue weighted by Gasteiger charge is 2.38. The van der Waals surface area contributed by atoms with Crippen molar-refractivity contribution in [2.45, 2.75) is 19.6 Å². The van der Waals surface area contributed by atoms with Gasteiger partial charge in [-0.15, -0.1) is 5.10 Å². The molecule has 12 heteroatoms. The summed E-state index contributed by atoms with van der Waals surface area (Å²) in [5.74, 6) is -2.03. The van der Waals surface area contributed by atoms with Crippen molar-refractivity contribution in [3.8, 4) is 6.07 Å². The molecule has 0 saturated carbocycles. The topological polar surface area (TPSA) is 122 Å². The van der Waals surface area contributed by atoms with Gasteiger partial charge in [-0.25, -0.2) is 4.79 Å². The third kappa shape index (κ3) is 7.37. The number of aromatic nitrogens is 2. The number of nitrogens with one attached hydrogen (secondary N) is 1. The standard InChI is InChI=1S/C23H24N6O.C2HF3O2/c1-17-21-15-19(23(30)25-16-18-5-3-2-4-6-18)7-8-20(21)22(27-26-17)29-13-11-28(10-9-24)12-14-29;3-2(4,5)1(6)7/h2-8,15H,10-14,16H2,1H3,(H,25,30);(H,6,7). The molecule has 37 heavy (non-hydrogen) atoms. The third-order valence-corrected chi connectivity index (χ3v) is 5.71. The molecule has 1 aliphatic rings. The number of hydrogen-bond donors (Lipinski definition) is 2. The molecule has 0 radical (unpaired) electrons. The number of carbonyl (C=O) groups is 2. The van der Waals surface area contributed by atoms with Gasteiger partial charge in [0.1, 0.15) is 0 Å². The lowest BCUT2D eigenvalue weighted by Crippen LogP contribution is -2.46. The van der Waals surface area contributed by atoms with Crippen LogP contribution in [-0.2, 0) is 11.3 Å². The van der Waals surface area contributed by atoms with E-state index in [9.17, 15) is 18.0 Å². The van der Waals surface area contributed by atoms with Crippen LogP contribution in [0.1, 0.15) is 21.6 Å². The van der Waals surface area contributed by atoms with Crippen LogP contribution in [0.4, 0.5) is 19.0 Å². The molecule has 0 unspecified atom stereocenters. The number of fused-ring (bicyclic) bond motifs is 1. The monoisotopic (exact) mass is 514 g/mol. The van der Waals surface area contributed by atoms with Crippen LogP contribution in [0, 0.1) is 18.3 Å². The lowest BCUT2D eigenvalue weighted by atomic mass is 10.1. The second-order valence-electron chi connectivity index (χ2n) is 8.26. The predicted octanol–water partition coefficient (Wildman–Crippen LogP) is 3.15. The number of aliphatic carboxylic acids is 1. The van der Waals surface area contributed by atoms with Crippen molar-refractivity contribution in [3.63, 3.8) is 0 Å². The lowest BCUT2D eigenvalue weighted by Gasteiger charge is -2.34. The smallest absolute Gasteiger partial charge is 0.475 e. The van der Waals surface area contributed by atoms with Gasteiger partial charge >= 0.3 is 12.1 Å². The van der Waals surface area contributed by atoms with Crippen molar-refractivity contribution >= 4 is 28.5 Å². The lowest BCUT2D eigenvalue weighted by molar-refractivity contribution is -0.192. The van der Waals surface area contributed by atoms with Crippen LogP contribution in [0.25, 0.3) is 10.8 Å². The van der Waals surface area contributed by atoms with Gasteiger partial charge in [-0.2, -0.15) is 23.5 Å². The first-order valence-corrected chi connectivity index (χ1v) is 11.3. The number of halogens is 3. The molecule has 4 rings (SSSR count). The molecule has 0 bridgehead atoms. The van der Waals surface area contributed by atoms with E-state index in [1.165, 1.54) is 0 Å². The molecule has 2 N–H and O–H groups in total. The number of benzene rings is 2. The summed E-state index contributed by atoms with van der Waals surface area (Å²) in [5.41, 5.74) is 2.47. The predicted molar refractivity (Wildman–Crippen MR) is 130 cm³/mol. The summed E-state index contributed by atoms with van der Waals surface area (Å²) >= 11 is 0. The minimum absolute atomic E-state index is 0.108. The van der Waals surface area contributed by atoms with E-state index < -0.39 is 12.1 Å². The first-order valence-electron chi connectivity index (χ1n) is 11.3. The largest absolute Gasteiger partial charge is 0.490 e. The van der Waals surface area contributed by atoms with E-state index in [0.717, 1.165) is 54.0 Å². The van der Waals surface area contributed by atoms with Gasteiger partial charge in [0, 0.05) is 49.1 Å². The van der Waals surface area contributed by atoms with Crippen molar-refractivity contribution in [2.75, 3.05) is 37.6 Å². The van der Waals surface area contributed by atoms with Crippen LogP contribution in [0.15, 0.2) is 48.5 Å². The number of carboxylic acid groups (broad SMARTS) is 1. The van der Waals surface area contributed by atoms with Gasteiger partial charge in [0.25, 0.3) is 5.91 Å². The molecule has 3 aromatic rings. The Labute approximate surface area is 211 Å². The van der Waals surface area contributed by atoms with Crippen molar-refractivity contribution in [1.29, 1.82) is 5.26 Å². The Bertz CT molecular complexity index is 1290. The summed E-state index contributed by atoms with van der Waals surface area (Å²) in [6.07, 6.45) is -5.08. The van der Waals surface area contributed by atoms with Gasteiger partial charge < -0.3 is 15.3 Å². The zero-order chi connectivity index (χ0) is 27.0. The average molecular weight is 515 g/mol. The molecule has 1 aliphatic heterocycles. The third-order valence-electron chi connectivity index (χ3n) is 5.71. The van der Waals surface area contributed by atoms with E-state index >= 15 is 0 Å². The summed E-state index contributed by atoms with van der Waals surface area (Å²) in [4.78, 5) is 25.9. The van der Waals surface area contributed by atoms with E-state index in [2.05, 4.69) is 31.4 Å². The summed E-state index contributed by atoms with van der Waals surface area (Å²) in [6, 6.07) is 17.8. The number of amides is 1. The number of nitrogens with zero attached hydrogens (tertiary/aromatic N) is 5. The Morgan fingerprint density at radius 3 is 2.30 bits per heavy atom. The quantitative estimate of drug-likeness (QED) is 0.498. The number of carbonyl (C=O) groups excluding carboxylic acids is 1. The number of anilines is 1. The number of hydrogen-bond acceptors (Lipinski definition) is 7. The zero-order valence-corrected chi connectivity index (χ0v) is 20.0. The Balaban J connectivity index is 0.000000479. The molecule has 9 nitrogen and oxygen atoms in total. The molecular formula is C25H25F3N6O3. The minimum atomic E-state index is -5.08. The maximum Gasteiger partial charge on any atom is 0.490 e. The minimum Gasteiger partial charge on any atom is -0.475 e. The van der Waals surface area contributed by atoms with Crippen molar-refractivity contribution in [3.05, 3.63) is 65.4 Å². The van der Waals surface area contributed by atoms with Gasteiger partial charge in [-0.05, 0) is 30.7 Å². The summed E-state index contributed by atoms with van der Waals surface area (Å²) < 4.78 is 31.7. The second kappa shape index (κ2) is 12.1. The average Bonchev–Trinajstić information content (AvgIpc) is 2.88. The maximum atomic E-state index is 12.7. The highest BCUT2D eigenvalue weighted by molar-refractivity contribution is 6.01. The number of alkyl halides is 3. The SMILES string of the molecule is Cc1nnc(N2CCN(CC#N)CC2)c2ccc(C(=O)NCc3ccccc3)cc12.O=C(O)C(F)(F)F. The summed E-state index contributed by atoms with van der Waals surface area (Å²) in [5, 5.41) is 29.7. The summed E-state index contributed by atoms with van der Waals surface area (Å²) in [7, 11) is 0. The van der Waals surface area contributed by atoms with Gasteiger partial charge in [0.2, 0.25) is 0 Å². The van der Waals surface area contributed by atoms with Crippen molar-refractivity contribution in [2.24, 2.45) is 0 Å². The van der Waals surface area contributed by atoms with Crippen LogP contribution in [0.2, 0.25) is 0 Å². The molecule has 1 aromatic heterocycles. The van der Waals surface area contributed by atoms with Crippen LogP contribution < -0.4 is 10.2 Å². The number of carboxylic acids is 1. The van der Waals surface area contributed by atoms with Crippen molar-refractivity contribution < 1.29 is 27.9 Å². The molecule has 2 heterocycles. The molecule has 0 atom stereocenters. The fourth-order valence-electron chi connectivity index (χ4n) is 3.74. The molecule has 1 fully saturated rings. The van der Waals surface area contributed by atoms with E-state index in [1.54, 1.807) is 0 Å². The van der Waals surface area contributed by atoms with E-state index in [4.69, 9.17) is 15.2 Å². The maximum absolute atomic E-state index is 12.7. The Morgan fingerprint density at radius 1 is 1.05 bits per heavy atom. The normalized spacial score (nSPS) is 13.9. The Morgan fingerprint density at radius 2 is 1.70 bits per heavy atom. The van der Waals surface area contributed by atoms with Crippen LogP contribution in [-0.4, -0.2) is 71.0 Å². The molecule has 194 valence electrons. The van der Waals surface area contributed by atoms with Gasteiger partial charge in [-0.1, -0.05) is 30.3 Å².